The molecule has 2 N–H and O–H groups in total. The number of para-hydroxylation sites is 1. The number of nitrogens with zero attached hydrogens (tertiary/aromatic N) is 3. The van der Waals surface area contributed by atoms with Crippen LogP contribution in [0.25, 0.3) is 0 Å². The van der Waals surface area contributed by atoms with E-state index in [0.29, 0.717) is 36.9 Å². The lowest BCUT2D eigenvalue weighted by molar-refractivity contribution is -0.137. The molecule has 9 heteroatoms. The van der Waals surface area contributed by atoms with Crippen LogP contribution in [0.15, 0.2) is 30.0 Å². The number of benzene rings is 1. The van der Waals surface area contributed by atoms with Gasteiger partial charge in [0.2, 0.25) is 5.91 Å². The Morgan fingerprint density at radius 3 is 2.56 bits per heavy atom. The molecule has 3 amide bonds. The first-order valence-corrected chi connectivity index (χ1v) is 9.04. The predicted molar refractivity (Wildman–Crippen MR) is 101 cm³/mol. The van der Waals surface area contributed by atoms with Gasteiger partial charge in [0, 0.05) is 39.2 Å². The molecule has 0 radical (unpaired) electrons. The molecule has 144 valence electrons. The molecule has 0 aliphatic carbocycles. The number of nitrogens with one attached hydrogen (secondary N) is 1. The number of halogens is 1. The molecule has 2 aliphatic heterocycles. The summed E-state index contributed by atoms with van der Waals surface area (Å²) < 4.78 is 0. The SMILES string of the molecule is CC(=O)N1CCN(c2c(Cl)cccc2NC2=CC(=O)N(CCO)C2=O)CC1. The largest absolute Gasteiger partial charge is 0.395 e. The minimum Gasteiger partial charge on any atom is -0.395 e. The third-order valence-corrected chi connectivity index (χ3v) is 4.94. The molecule has 1 aromatic carbocycles. The van der Waals surface area contributed by atoms with Gasteiger partial charge in [0.05, 0.1) is 29.5 Å². The monoisotopic (exact) mass is 392 g/mol. The van der Waals surface area contributed by atoms with Gasteiger partial charge in [-0.3, -0.25) is 19.3 Å². The molecule has 1 fully saturated rings. The molecule has 2 heterocycles. The van der Waals surface area contributed by atoms with Crippen molar-refractivity contribution in [1.29, 1.82) is 0 Å². The van der Waals surface area contributed by atoms with Crippen LogP contribution in [0.1, 0.15) is 6.92 Å². The second-order valence-electron chi connectivity index (χ2n) is 6.33. The van der Waals surface area contributed by atoms with Crippen molar-refractivity contribution in [2.24, 2.45) is 0 Å². The summed E-state index contributed by atoms with van der Waals surface area (Å²) in [5.41, 5.74) is 1.47. The zero-order valence-corrected chi connectivity index (χ0v) is 15.7. The number of piperazine rings is 1. The average molecular weight is 393 g/mol. The van der Waals surface area contributed by atoms with Gasteiger partial charge in [-0.1, -0.05) is 17.7 Å². The zero-order chi connectivity index (χ0) is 19.6. The summed E-state index contributed by atoms with van der Waals surface area (Å²) >= 11 is 6.41. The Bertz CT molecular complexity index is 803. The molecule has 2 aliphatic rings. The van der Waals surface area contributed by atoms with Gasteiger partial charge in [-0.05, 0) is 12.1 Å². The highest BCUT2D eigenvalue weighted by atomic mass is 35.5. The van der Waals surface area contributed by atoms with Crippen molar-refractivity contribution in [1.82, 2.24) is 9.80 Å². The van der Waals surface area contributed by atoms with Crippen LogP contribution in [0, 0.1) is 0 Å². The fraction of sp³-hybridized carbons (Fsp3) is 0.389. The quantitative estimate of drug-likeness (QED) is 0.715. The lowest BCUT2D eigenvalue weighted by atomic mass is 10.2. The number of rotatable bonds is 5. The zero-order valence-electron chi connectivity index (χ0n) is 14.9. The van der Waals surface area contributed by atoms with Gasteiger partial charge in [-0.2, -0.15) is 0 Å². The molecule has 0 atom stereocenters. The number of imide groups is 1. The normalized spacial score (nSPS) is 17.4. The summed E-state index contributed by atoms with van der Waals surface area (Å²) in [5.74, 6) is -0.909. The smallest absolute Gasteiger partial charge is 0.277 e. The van der Waals surface area contributed by atoms with E-state index >= 15 is 0 Å². The van der Waals surface area contributed by atoms with E-state index in [1.54, 1.807) is 30.0 Å². The van der Waals surface area contributed by atoms with Gasteiger partial charge in [0.25, 0.3) is 11.8 Å². The minimum atomic E-state index is -0.485. The van der Waals surface area contributed by atoms with Crippen molar-refractivity contribution in [3.05, 3.63) is 35.0 Å². The van der Waals surface area contributed by atoms with Gasteiger partial charge in [0.1, 0.15) is 5.70 Å². The first-order chi connectivity index (χ1) is 12.9. The van der Waals surface area contributed by atoms with E-state index in [9.17, 15) is 14.4 Å². The molecule has 0 aromatic heterocycles. The highest BCUT2D eigenvalue weighted by Crippen LogP contribution is 2.35. The van der Waals surface area contributed by atoms with Crippen molar-refractivity contribution in [2.75, 3.05) is 49.5 Å². The maximum absolute atomic E-state index is 12.4. The van der Waals surface area contributed by atoms with Crippen LogP contribution in [0.4, 0.5) is 11.4 Å². The van der Waals surface area contributed by atoms with Crippen LogP contribution in [-0.4, -0.2) is 72.0 Å². The Kier molecular flexibility index (Phi) is 5.67. The Morgan fingerprint density at radius 2 is 1.93 bits per heavy atom. The van der Waals surface area contributed by atoms with E-state index in [1.165, 1.54) is 6.08 Å². The van der Waals surface area contributed by atoms with Crippen molar-refractivity contribution in [3.63, 3.8) is 0 Å². The van der Waals surface area contributed by atoms with E-state index in [-0.39, 0.29) is 24.8 Å². The van der Waals surface area contributed by atoms with Crippen molar-refractivity contribution in [3.8, 4) is 0 Å². The molecule has 27 heavy (non-hydrogen) atoms. The molecular formula is C18H21ClN4O4. The van der Waals surface area contributed by atoms with Crippen molar-refractivity contribution >= 4 is 40.7 Å². The molecule has 0 unspecified atom stereocenters. The standard InChI is InChI=1S/C18H21ClN4O4/c1-12(25)21-5-7-22(8-6-21)17-13(19)3-2-4-14(17)20-15-11-16(26)23(9-10-24)18(15)27/h2-4,11,20,24H,5-10H2,1H3. The van der Waals surface area contributed by atoms with Gasteiger partial charge in [0.15, 0.2) is 0 Å². The summed E-state index contributed by atoms with van der Waals surface area (Å²) in [6.07, 6.45) is 1.22. The lowest BCUT2D eigenvalue weighted by Crippen LogP contribution is -2.48. The molecular weight excluding hydrogens is 372 g/mol. The Morgan fingerprint density at radius 1 is 1.22 bits per heavy atom. The summed E-state index contributed by atoms with van der Waals surface area (Å²) in [6.45, 7) is 3.61. The van der Waals surface area contributed by atoms with Crippen molar-refractivity contribution < 1.29 is 19.5 Å². The van der Waals surface area contributed by atoms with E-state index in [0.717, 1.165) is 10.6 Å². The van der Waals surface area contributed by atoms with E-state index < -0.39 is 11.8 Å². The van der Waals surface area contributed by atoms with Crippen LogP contribution in [0.2, 0.25) is 5.02 Å². The highest BCUT2D eigenvalue weighted by Gasteiger charge is 2.31. The summed E-state index contributed by atoms with van der Waals surface area (Å²) in [6, 6.07) is 5.30. The van der Waals surface area contributed by atoms with Crippen LogP contribution < -0.4 is 10.2 Å². The molecule has 3 rings (SSSR count). The number of aliphatic hydroxyl groups is 1. The Balaban J connectivity index is 1.81. The summed E-state index contributed by atoms with van der Waals surface area (Å²) in [4.78, 5) is 40.6. The third-order valence-electron chi connectivity index (χ3n) is 4.63. The Labute approximate surface area is 162 Å². The Hall–Kier alpha value is -2.58. The van der Waals surface area contributed by atoms with Gasteiger partial charge < -0.3 is 20.2 Å². The minimum absolute atomic E-state index is 0.0383. The van der Waals surface area contributed by atoms with E-state index in [2.05, 4.69) is 10.2 Å². The topological polar surface area (TPSA) is 93.2 Å². The number of hydrogen-bond donors (Lipinski definition) is 2. The van der Waals surface area contributed by atoms with Gasteiger partial charge >= 0.3 is 0 Å². The van der Waals surface area contributed by atoms with Gasteiger partial charge in [-0.15, -0.1) is 0 Å². The summed E-state index contributed by atoms with van der Waals surface area (Å²) in [7, 11) is 0. The second-order valence-corrected chi connectivity index (χ2v) is 6.74. The van der Waals surface area contributed by atoms with Gasteiger partial charge in [-0.25, -0.2) is 0 Å². The second kappa shape index (κ2) is 7.98. The van der Waals surface area contributed by atoms with E-state index in [1.807, 2.05) is 0 Å². The van der Waals surface area contributed by atoms with Crippen LogP contribution in [0.3, 0.4) is 0 Å². The first kappa shape index (κ1) is 19.2. The predicted octanol–water partition coefficient (Wildman–Crippen LogP) is 0.665. The fourth-order valence-electron chi connectivity index (χ4n) is 3.24. The molecule has 1 saturated heterocycles. The van der Waals surface area contributed by atoms with Crippen molar-refractivity contribution in [2.45, 2.75) is 6.92 Å². The fourth-order valence-corrected chi connectivity index (χ4v) is 3.53. The lowest BCUT2D eigenvalue weighted by Gasteiger charge is -2.37. The summed E-state index contributed by atoms with van der Waals surface area (Å²) in [5, 5.41) is 12.5. The average Bonchev–Trinajstić information content (AvgIpc) is 2.90. The number of aliphatic hydroxyl groups excluding tert-OH is 1. The number of carbonyl (C=O) groups is 3. The number of β-amino-alcohol motifs (C(OH)–C–C–N with tert-alkyl or cyclic N) is 1. The van der Waals surface area contributed by atoms with E-state index in [4.69, 9.17) is 16.7 Å². The first-order valence-electron chi connectivity index (χ1n) is 8.66. The molecule has 0 saturated carbocycles. The molecule has 8 nitrogen and oxygen atoms in total. The van der Waals surface area contributed by atoms with Crippen LogP contribution in [-0.2, 0) is 14.4 Å². The molecule has 0 bridgehead atoms. The third kappa shape index (κ3) is 3.91. The maximum Gasteiger partial charge on any atom is 0.277 e. The highest BCUT2D eigenvalue weighted by molar-refractivity contribution is 6.34. The number of hydrogen-bond acceptors (Lipinski definition) is 6. The number of carbonyl (C=O) groups excluding carboxylic acids is 3. The van der Waals surface area contributed by atoms with Crippen LogP contribution in [0.5, 0.6) is 0 Å². The molecule has 0 spiro atoms. The number of amides is 3. The number of anilines is 2. The molecule has 1 aromatic rings. The van der Waals surface area contributed by atoms with Crippen LogP contribution >= 0.6 is 11.6 Å². The maximum atomic E-state index is 12.4.